The Balaban J connectivity index is 0.00000481. The summed E-state index contributed by atoms with van der Waals surface area (Å²) in [5.41, 5.74) is 13.0. The van der Waals surface area contributed by atoms with Crippen molar-refractivity contribution < 1.29 is 24.2 Å². The number of carbonyl (C=O) groups is 3. The fraction of sp³-hybridized carbons (Fsp3) is 0.154. The molecular formula is C26H26Cl2N4O5. The summed E-state index contributed by atoms with van der Waals surface area (Å²) in [7, 11) is 0. The summed E-state index contributed by atoms with van der Waals surface area (Å²) in [5, 5.41) is 9.52. The minimum absolute atomic E-state index is 0. The molecule has 0 heterocycles. The molecule has 3 rings (SSSR count). The Hall–Kier alpha value is -4.08. The number of aliphatic carboxylic acids is 1. The van der Waals surface area contributed by atoms with Gasteiger partial charge in [0.1, 0.15) is 12.3 Å². The number of esters is 1. The Kier molecular flexibility index (Phi) is 10.9. The second kappa shape index (κ2) is 13.9. The molecular weight excluding hydrogens is 519 g/mol. The number of carboxylic acid groups (broad SMARTS) is 1. The van der Waals surface area contributed by atoms with E-state index < -0.39 is 18.5 Å². The van der Waals surface area contributed by atoms with Crippen molar-refractivity contribution >= 4 is 53.5 Å². The van der Waals surface area contributed by atoms with Crippen LogP contribution < -0.4 is 16.2 Å². The second-order valence-electron chi connectivity index (χ2n) is 7.86. The van der Waals surface area contributed by atoms with E-state index in [9.17, 15) is 19.5 Å². The summed E-state index contributed by atoms with van der Waals surface area (Å²) in [5.74, 6) is -1.83. The van der Waals surface area contributed by atoms with Gasteiger partial charge in [0.05, 0.1) is 11.3 Å². The van der Waals surface area contributed by atoms with Crippen LogP contribution in [0.25, 0.3) is 0 Å². The minimum Gasteiger partial charge on any atom is -0.480 e. The first-order chi connectivity index (χ1) is 17.2. The zero-order valence-corrected chi connectivity index (χ0v) is 21.2. The lowest BCUT2D eigenvalue weighted by atomic mass is 10.1. The first kappa shape index (κ1) is 29.2. The molecule has 0 unspecified atom stereocenters. The van der Waals surface area contributed by atoms with Crippen molar-refractivity contribution in [2.75, 3.05) is 6.54 Å². The molecule has 0 bridgehead atoms. The molecule has 0 aliphatic rings. The standard InChI is InChI=1S/C26H25ClN4O5.ClH/c27-22-14-21(36-25(35)19-6-10-20(11-7-19)30-26(28)29)12-8-18(22)9-13-23(32)31(16-24(33)34)15-17-4-2-1-3-5-17;/h1-8,10-12,14H,9,13,15-16H2,(H,33,34)(H4,28,29,30);1H. The van der Waals surface area contributed by atoms with E-state index in [2.05, 4.69) is 4.99 Å². The number of benzene rings is 3. The highest BCUT2D eigenvalue weighted by molar-refractivity contribution is 6.31. The van der Waals surface area contributed by atoms with Crippen molar-refractivity contribution in [2.45, 2.75) is 19.4 Å². The maximum atomic E-state index is 12.7. The molecule has 11 heteroatoms. The van der Waals surface area contributed by atoms with Crippen LogP contribution in [0, 0.1) is 0 Å². The van der Waals surface area contributed by atoms with Gasteiger partial charge in [0, 0.05) is 18.0 Å². The molecule has 3 aromatic rings. The van der Waals surface area contributed by atoms with Crippen LogP contribution in [0.3, 0.4) is 0 Å². The largest absolute Gasteiger partial charge is 0.480 e. The van der Waals surface area contributed by atoms with Gasteiger partial charge < -0.3 is 26.2 Å². The number of hydrogen-bond acceptors (Lipinski definition) is 5. The third kappa shape index (κ3) is 9.14. The Labute approximate surface area is 225 Å². The van der Waals surface area contributed by atoms with Crippen LogP contribution in [0.4, 0.5) is 5.69 Å². The van der Waals surface area contributed by atoms with E-state index >= 15 is 0 Å². The smallest absolute Gasteiger partial charge is 0.343 e. The lowest BCUT2D eigenvalue weighted by Crippen LogP contribution is -2.35. The highest BCUT2D eigenvalue weighted by Gasteiger charge is 2.18. The van der Waals surface area contributed by atoms with E-state index in [0.717, 1.165) is 5.56 Å². The van der Waals surface area contributed by atoms with Crippen molar-refractivity contribution in [3.63, 3.8) is 0 Å². The summed E-state index contributed by atoms with van der Waals surface area (Å²) in [6.07, 6.45) is 0.365. The number of rotatable bonds is 10. The number of nitrogens with two attached hydrogens (primary N) is 2. The lowest BCUT2D eigenvalue weighted by Gasteiger charge is -2.21. The fourth-order valence-electron chi connectivity index (χ4n) is 3.38. The highest BCUT2D eigenvalue weighted by Crippen LogP contribution is 2.25. The molecule has 0 fully saturated rings. The van der Waals surface area contributed by atoms with Gasteiger partial charge in [0.2, 0.25) is 5.91 Å². The van der Waals surface area contributed by atoms with Crippen LogP contribution in [0.1, 0.15) is 27.9 Å². The SMILES string of the molecule is Cl.NC(N)=Nc1ccc(C(=O)Oc2ccc(CCC(=O)N(CC(=O)O)Cc3ccccc3)c(Cl)c2)cc1. The average molecular weight is 545 g/mol. The third-order valence-corrected chi connectivity index (χ3v) is 5.45. The van der Waals surface area contributed by atoms with Gasteiger partial charge in [-0.15, -0.1) is 12.4 Å². The molecule has 0 atom stereocenters. The van der Waals surface area contributed by atoms with Crippen LogP contribution in [-0.4, -0.2) is 40.4 Å². The van der Waals surface area contributed by atoms with E-state index in [0.29, 0.717) is 28.3 Å². The van der Waals surface area contributed by atoms with Crippen LogP contribution in [-0.2, 0) is 22.6 Å². The maximum absolute atomic E-state index is 12.7. The van der Waals surface area contributed by atoms with E-state index in [1.54, 1.807) is 24.3 Å². The van der Waals surface area contributed by atoms with Crippen molar-refractivity contribution in [1.82, 2.24) is 4.90 Å². The molecule has 5 N–H and O–H groups in total. The maximum Gasteiger partial charge on any atom is 0.343 e. The number of halogens is 2. The number of carboxylic acids is 1. The van der Waals surface area contributed by atoms with Crippen molar-refractivity contribution in [3.05, 3.63) is 94.5 Å². The number of amides is 1. The van der Waals surface area contributed by atoms with E-state index in [4.69, 9.17) is 27.8 Å². The molecule has 9 nitrogen and oxygen atoms in total. The molecule has 0 spiro atoms. The lowest BCUT2D eigenvalue weighted by molar-refractivity contribution is -0.144. The van der Waals surface area contributed by atoms with Gasteiger partial charge in [-0.2, -0.15) is 0 Å². The van der Waals surface area contributed by atoms with Gasteiger partial charge >= 0.3 is 11.9 Å². The monoisotopic (exact) mass is 544 g/mol. The molecule has 0 aromatic heterocycles. The molecule has 1 amide bonds. The Morgan fingerprint density at radius 2 is 1.65 bits per heavy atom. The Bertz CT molecular complexity index is 1260. The second-order valence-corrected chi connectivity index (χ2v) is 8.26. The van der Waals surface area contributed by atoms with E-state index in [1.807, 2.05) is 30.3 Å². The van der Waals surface area contributed by atoms with E-state index in [-0.39, 0.29) is 43.0 Å². The van der Waals surface area contributed by atoms with Gasteiger partial charge in [-0.25, -0.2) is 9.79 Å². The van der Waals surface area contributed by atoms with Crippen LogP contribution in [0.5, 0.6) is 5.75 Å². The molecule has 3 aromatic carbocycles. The van der Waals surface area contributed by atoms with Gasteiger partial charge in [0.15, 0.2) is 5.96 Å². The predicted octanol–water partition coefficient (Wildman–Crippen LogP) is 3.93. The van der Waals surface area contributed by atoms with Crippen molar-refractivity contribution in [2.24, 2.45) is 16.5 Å². The van der Waals surface area contributed by atoms with Gasteiger partial charge in [-0.05, 0) is 53.9 Å². The molecule has 194 valence electrons. The summed E-state index contributed by atoms with van der Waals surface area (Å²) in [6.45, 7) is -0.204. The van der Waals surface area contributed by atoms with Crippen LogP contribution in [0.15, 0.2) is 77.8 Å². The van der Waals surface area contributed by atoms with Crippen LogP contribution in [0.2, 0.25) is 5.02 Å². The summed E-state index contributed by atoms with van der Waals surface area (Å²) in [6, 6.07) is 20.1. The normalized spacial score (nSPS) is 10.1. The highest BCUT2D eigenvalue weighted by atomic mass is 35.5. The molecule has 0 saturated carbocycles. The predicted molar refractivity (Wildman–Crippen MR) is 143 cm³/mol. The molecule has 37 heavy (non-hydrogen) atoms. The van der Waals surface area contributed by atoms with Gasteiger partial charge in [-0.1, -0.05) is 48.0 Å². The average Bonchev–Trinajstić information content (AvgIpc) is 2.83. The minimum atomic E-state index is -1.09. The summed E-state index contributed by atoms with van der Waals surface area (Å²) < 4.78 is 5.38. The number of aryl methyl sites for hydroxylation is 1. The summed E-state index contributed by atoms with van der Waals surface area (Å²) >= 11 is 6.36. The van der Waals surface area contributed by atoms with E-state index in [1.165, 1.54) is 23.1 Å². The molecule has 0 saturated heterocycles. The third-order valence-electron chi connectivity index (χ3n) is 5.10. The van der Waals surface area contributed by atoms with Crippen LogP contribution >= 0.6 is 24.0 Å². The number of carbonyl (C=O) groups excluding carboxylic acids is 2. The van der Waals surface area contributed by atoms with Crippen molar-refractivity contribution in [1.29, 1.82) is 0 Å². The topological polar surface area (TPSA) is 148 Å². The quantitative estimate of drug-likeness (QED) is 0.151. The van der Waals surface area contributed by atoms with Gasteiger partial charge in [-0.3, -0.25) is 9.59 Å². The first-order valence-corrected chi connectivity index (χ1v) is 11.3. The number of hydrogen-bond donors (Lipinski definition) is 3. The summed E-state index contributed by atoms with van der Waals surface area (Å²) in [4.78, 5) is 41.6. The molecule has 0 radical (unpaired) electrons. The zero-order valence-electron chi connectivity index (χ0n) is 19.7. The van der Waals surface area contributed by atoms with Gasteiger partial charge in [0.25, 0.3) is 0 Å². The number of ether oxygens (including phenoxy) is 1. The fourth-order valence-corrected chi connectivity index (χ4v) is 3.65. The number of nitrogens with zero attached hydrogens (tertiary/aromatic N) is 2. The Morgan fingerprint density at radius 1 is 0.973 bits per heavy atom. The first-order valence-electron chi connectivity index (χ1n) is 10.9. The van der Waals surface area contributed by atoms with Crippen molar-refractivity contribution in [3.8, 4) is 5.75 Å². The zero-order chi connectivity index (χ0) is 26.1. The number of aliphatic imine (C=N–C) groups is 1. The Morgan fingerprint density at radius 3 is 2.24 bits per heavy atom. The molecule has 0 aliphatic carbocycles. The number of guanidine groups is 1. The molecule has 0 aliphatic heterocycles.